The Morgan fingerprint density at radius 2 is 1.58 bits per heavy atom. The summed E-state index contributed by atoms with van der Waals surface area (Å²) in [4.78, 5) is 0. The summed E-state index contributed by atoms with van der Waals surface area (Å²) in [5, 5.41) is 9.39. The molecule has 2 aromatic rings. The van der Waals surface area contributed by atoms with E-state index in [4.69, 9.17) is 4.74 Å². The Morgan fingerprint density at radius 3 is 2.26 bits per heavy atom. The fourth-order valence-corrected chi connectivity index (χ4v) is 2.82. The van der Waals surface area contributed by atoms with Gasteiger partial charge in [0.2, 0.25) is 0 Å². The van der Waals surface area contributed by atoms with Gasteiger partial charge in [-0.3, -0.25) is 0 Å². The second-order valence-corrected chi connectivity index (χ2v) is 4.85. The molecular formula is C17H15NO. The minimum Gasteiger partial charge on any atom is -0.355 e. The summed E-state index contributed by atoms with van der Waals surface area (Å²) in [6.45, 7) is 2.00. The summed E-state index contributed by atoms with van der Waals surface area (Å²) in [5.74, 6) is -0.00130. The molecule has 0 fully saturated rings. The predicted octanol–water partition coefficient (Wildman–Crippen LogP) is 3.80. The molecule has 3 unspecified atom stereocenters. The van der Waals surface area contributed by atoms with E-state index in [2.05, 4.69) is 30.3 Å². The van der Waals surface area contributed by atoms with Crippen LogP contribution in [0.25, 0.3) is 0 Å². The van der Waals surface area contributed by atoms with E-state index in [0.29, 0.717) is 0 Å². The number of nitrogens with zero attached hydrogens (tertiary/aromatic N) is 1. The topological polar surface area (TPSA) is 33.0 Å². The van der Waals surface area contributed by atoms with Gasteiger partial charge in [0.25, 0.3) is 0 Å². The van der Waals surface area contributed by atoms with Crippen molar-refractivity contribution >= 4 is 0 Å². The average Bonchev–Trinajstić information content (AvgIpc) is 2.48. The number of hydrogen-bond acceptors (Lipinski definition) is 2. The average molecular weight is 249 g/mol. The van der Waals surface area contributed by atoms with Gasteiger partial charge in [-0.15, -0.1) is 0 Å². The lowest BCUT2D eigenvalue weighted by molar-refractivity contribution is 0.00539. The van der Waals surface area contributed by atoms with E-state index in [0.717, 1.165) is 5.56 Å². The fraction of sp³-hybridized carbons (Fsp3) is 0.235. The van der Waals surface area contributed by atoms with Crippen molar-refractivity contribution in [1.82, 2.24) is 0 Å². The molecule has 0 bridgehead atoms. The Labute approximate surface area is 113 Å². The van der Waals surface area contributed by atoms with Crippen molar-refractivity contribution in [1.29, 1.82) is 5.26 Å². The second kappa shape index (κ2) is 4.87. The minimum absolute atomic E-state index is 0.00130. The van der Waals surface area contributed by atoms with Crippen molar-refractivity contribution in [2.45, 2.75) is 25.0 Å². The molecule has 0 aromatic heterocycles. The molecule has 3 atom stereocenters. The van der Waals surface area contributed by atoms with Gasteiger partial charge in [0, 0.05) is 5.92 Å². The maximum absolute atomic E-state index is 9.39. The smallest absolute Gasteiger partial charge is 0.155 e. The molecule has 19 heavy (non-hydrogen) atoms. The lowest BCUT2D eigenvalue weighted by Gasteiger charge is -2.34. The van der Waals surface area contributed by atoms with Gasteiger partial charge in [-0.2, -0.15) is 5.26 Å². The van der Waals surface area contributed by atoms with Crippen LogP contribution < -0.4 is 0 Å². The molecule has 0 spiro atoms. The van der Waals surface area contributed by atoms with Crippen LogP contribution in [0.15, 0.2) is 54.6 Å². The van der Waals surface area contributed by atoms with Gasteiger partial charge in [0.1, 0.15) is 0 Å². The number of rotatable bonds is 1. The van der Waals surface area contributed by atoms with E-state index in [1.54, 1.807) is 0 Å². The van der Waals surface area contributed by atoms with Crippen LogP contribution in [0.4, 0.5) is 0 Å². The van der Waals surface area contributed by atoms with Crippen LogP contribution in [0.2, 0.25) is 0 Å². The van der Waals surface area contributed by atoms with Gasteiger partial charge in [-0.1, -0.05) is 54.6 Å². The first kappa shape index (κ1) is 12.0. The first-order valence-corrected chi connectivity index (χ1v) is 6.50. The van der Waals surface area contributed by atoms with Crippen molar-refractivity contribution < 1.29 is 4.74 Å². The van der Waals surface area contributed by atoms with Gasteiger partial charge in [-0.25, -0.2) is 0 Å². The third-order valence-electron chi connectivity index (χ3n) is 3.71. The molecule has 0 saturated heterocycles. The molecule has 0 amide bonds. The standard InChI is InChI=1S/C17H15NO/c1-12-14-9-5-6-10-15(14)17(16(11-18)19-12)13-7-3-2-4-8-13/h2-10,12,16-17H,1H3. The molecule has 1 aliphatic rings. The van der Waals surface area contributed by atoms with E-state index >= 15 is 0 Å². The largest absolute Gasteiger partial charge is 0.355 e. The van der Waals surface area contributed by atoms with Gasteiger partial charge < -0.3 is 4.74 Å². The zero-order valence-corrected chi connectivity index (χ0v) is 10.8. The predicted molar refractivity (Wildman–Crippen MR) is 73.6 cm³/mol. The third kappa shape index (κ3) is 2.03. The molecule has 2 aromatic carbocycles. The van der Waals surface area contributed by atoms with Gasteiger partial charge in [0.15, 0.2) is 6.10 Å². The highest BCUT2D eigenvalue weighted by atomic mass is 16.5. The molecule has 1 heterocycles. The Kier molecular flexibility index (Phi) is 3.06. The Morgan fingerprint density at radius 1 is 0.947 bits per heavy atom. The van der Waals surface area contributed by atoms with Crippen LogP contribution in [-0.2, 0) is 4.74 Å². The van der Waals surface area contributed by atoms with E-state index in [1.807, 2.05) is 37.3 Å². The maximum atomic E-state index is 9.39. The first-order valence-electron chi connectivity index (χ1n) is 6.50. The number of hydrogen-bond donors (Lipinski definition) is 0. The fourth-order valence-electron chi connectivity index (χ4n) is 2.82. The zero-order chi connectivity index (χ0) is 13.2. The summed E-state index contributed by atoms with van der Waals surface area (Å²) < 4.78 is 5.87. The number of fused-ring (bicyclic) bond motifs is 1. The highest BCUT2D eigenvalue weighted by molar-refractivity contribution is 5.43. The van der Waals surface area contributed by atoms with Crippen LogP contribution >= 0.6 is 0 Å². The number of ether oxygens (including phenoxy) is 1. The van der Waals surface area contributed by atoms with Crippen molar-refractivity contribution in [3.8, 4) is 6.07 Å². The third-order valence-corrected chi connectivity index (χ3v) is 3.71. The summed E-state index contributed by atoms with van der Waals surface area (Å²) in [5.41, 5.74) is 3.52. The molecule has 0 aliphatic carbocycles. The summed E-state index contributed by atoms with van der Waals surface area (Å²) in [6, 6.07) is 20.7. The summed E-state index contributed by atoms with van der Waals surface area (Å²) >= 11 is 0. The van der Waals surface area contributed by atoms with E-state index in [9.17, 15) is 5.26 Å². The Bertz CT molecular complexity index is 615. The van der Waals surface area contributed by atoms with Crippen LogP contribution in [0.3, 0.4) is 0 Å². The number of benzene rings is 2. The Hall–Kier alpha value is -2.11. The van der Waals surface area contributed by atoms with Gasteiger partial charge in [-0.05, 0) is 23.6 Å². The van der Waals surface area contributed by atoms with E-state index in [-0.39, 0.29) is 12.0 Å². The molecule has 1 aliphatic heterocycles. The van der Waals surface area contributed by atoms with Gasteiger partial charge >= 0.3 is 0 Å². The molecule has 94 valence electrons. The van der Waals surface area contributed by atoms with Gasteiger partial charge in [0.05, 0.1) is 12.2 Å². The molecular weight excluding hydrogens is 234 g/mol. The molecule has 0 N–H and O–H groups in total. The molecule has 0 saturated carbocycles. The maximum Gasteiger partial charge on any atom is 0.155 e. The lowest BCUT2D eigenvalue weighted by Crippen LogP contribution is -2.29. The van der Waals surface area contributed by atoms with Crippen molar-refractivity contribution in [3.63, 3.8) is 0 Å². The van der Waals surface area contributed by atoms with Crippen molar-refractivity contribution in [3.05, 3.63) is 71.3 Å². The Balaban J connectivity index is 2.16. The first-order chi connectivity index (χ1) is 9.31. The highest BCUT2D eigenvalue weighted by Crippen LogP contribution is 2.40. The van der Waals surface area contributed by atoms with Crippen molar-refractivity contribution in [2.24, 2.45) is 0 Å². The molecule has 2 heteroatoms. The number of nitriles is 1. The highest BCUT2D eigenvalue weighted by Gasteiger charge is 2.34. The minimum atomic E-state index is -0.424. The van der Waals surface area contributed by atoms with E-state index in [1.165, 1.54) is 11.1 Å². The molecule has 0 radical (unpaired) electrons. The summed E-state index contributed by atoms with van der Waals surface area (Å²) in [6.07, 6.45) is -0.451. The van der Waals surface area contributed by atoms with Crippen LogP contribution in [-0.4, -0.2) is 6.10 Å². The van der Waals surface area contributed by atoms with Crippen molar-refractivity contribution in [2.75, 3.05) is 0 Å². The molecule has 2 nitrogen and oxygen atoms in total. The van der Waals surface area contributed by atoms with E-state index < -0.39 is 6.10 Å². The lowest BCUT2D eigenvalue weighted by atomic mass is 9.81. The van der Waals surface area contributed by atoms with Crippen LogP contribution in [0.1, 0.15) is 35.6 Å². The second-order valence-electron chi connectivity index (χ2n) is 4.85. The summed E-state index contributed by atoms with van der Waals surface area (Å²) in [7, 11) is 0. The SMILES string of the molecule is CC1OC(C#N)C(c2ccccc2)c2ccccc21. The normalized spacial score (nSPS) is 25.4. The molecule has 3 rings (SSSR count). The van der Waals surface area contributed by atoms with Crippen LogP contribution in [0.5, 0.6) is 0 Å². The quantitative estimate of drug-likeness (QED) is 0.770. The monoisotopic (exact) mass is 249 g/mol. The zero-order valence-electron chi connectivity index (χ0n) is 10.8. The van der Waals surface area contributed by atoms with Crippen LogP contribution in [0, 0.1) is 11.3 Å².